The number of carbonyl (C=O) groups excluding carboxylic acids is 3. The zero-order valence-corrected chi connectivity index (χ0v) is 22.9. The summed E-state index contributed by atoms with van der Waals surface area (Å²) in [5.41, 5.74) is 10.6. The Kier molecular flexibility index (Phi) is 7.14. The summed E-state index contributed by atoms with van der Waals surface area (Å²) in [6.45, 7) is 1.88. The van der Waals surface area contributed by atoms with Crippen molar-refractivity contribution in [3.63, 3.8) is 0 Å². The molecule has 1 fully saturated rings. The summed E-state index contributed by atoms with van der Waals surface area (Å²) in [6.07, 6.45) is 3.39. The van der Waals surface area contributed by atoms with Gasteiger partial charge in [-0.15, -0.1) is 0 Å². The van der Waals surface area contributed by atoms with Crippen molar-refractivity contribution in [1.82, 2.24) is 30.4 Å². The molecule has 0 radical (unpaired) electrons. The van der Waals surface area contributed by atoms with Gasteiger partial charge in [-0.1, -0.05) is 30.3 Å². The fourth-order valence-electron chi connectivity index (χ4n) is 4.55. The first kappa shape index (κ1) is 26.8. The van der Waals surface area contributed by atoms with Crippen LogP contribution in [0.2, 0.25) is 0 Å². The third-order valence-corrected chi connectivity index (χ3v) is 7.02. The van der Waals surface area contributed by atoms with E-state index >= 15 is 0 Å². The van der Waals surface area contributed by atoms with Crippen LogP contribution in [0.4, 0.5) is 5.82 Å². The van der Waals surface area contributed by atoms with Crippen LogP contribution in [0.1, 0.15) is 50.5 Å². The van der Waals surface area contributed by atoms with Crippen LogP contribution in [-0.2, 0) is 11.3 Å². The van der Waals surface area contributed by atoms with Gasteiger partial charge >= 0.3 is 0 Å². The van der Waals surface area contributed by atoms with Crippen LogP contribution in [-0.4, -0.2) is 50.0 Å². The monoisotopic (exact) mass is 563 g/mol. The number of para-hydroxylation sites is 2. The van der Waals surface area contributed by atoms with E-state index in [1.165, 1.54) is 10.9 Å². The topological polar surface area (TPSA) is 157 Å². The summed E-state index contributed by atoms with van der Waals surface area (Å²) in [4.78, 5) is 45.9. The number of H-pyrrole nitrogens is 1. The largest absolute Gasteiger partial charge is 0.484 e. The predicted octanol–water partition coefficient (Wildman–Crippen LogP) is 3.46. The number of nitrogens with zero attached hydrogens (tertiary/aromatic N) is 3. The maximum Gasteiger partial charge on any atom is 0.258 e. The average molecular weight is 564 g/mol. The van der Waals surface area contributed by atoms with E-state index < -0.39 is 0 Å². The Labute approximate surface area is 241 Å². The molecule has 1 saturated carbocycles. The van der Waals surface area contributed by atoms with Crippen LogP contribution in [0, 0.1) is 6.92 Å². The van der Waals surface area contributed by atoms with Crippen molar-refractivity contribution in [1.29, 1.82) is 0 Å². The van der Waals surface area contributed by atoms with Crippen molar-refractivity contribution in [2.45, 2.75) is 32.4 Å². The fourth-order valence-corrected chi connectivity index (χ4v) is 4.55. The molecule has 0 saturated heterocycles. The van der Waals surface area contributed by atoms with Crippen molar-refractivity contribution >= 4 is 34.4 Å². The molecule has 5 N–H and O–H groups in total. The molecular weight excluding hydrogens is 534 g/mol. The third-order valence-electron chi connectivity index (χ3n) is 7.02. The Bertz CT molecular complexity index is 1790. The number of benzene rings is 3. The molecular formula is C31H29N7O4. The molecule has 0 aliphatic heterocycles. The first-order valence-electron chi connectivity index (χ1n) is 13.6. The highest BCUT2D eigenvalue weighted by molar-refractivity contribution is 6.12. The molecule has 0 unspecified atom stereocenters. The van der Waals surface area contributed by atoms with Gasteiger partial charge in [0, 0.05) is 17.2 Å². The van der Waals surface area contributed by atoms with Gasteiger partial charge in [0.2, 0.25) is 0 Å². The number of aromatic nitrogens is 4. The SMILES string of the molecule is Cc1ccc(C(=O)NC2CC2)cc1-n1ncc(C(=O)c2cccc(OCC(=O)NCc3nc4ccccc4[nH]3)c2)c1N. The number of aromatic amines is 1. The van der Waals surface area contributed by atoms with Gasteiger partial charge in [0.1, 0.15) is 17.4 Å². The molecule has 1 aliphatic rings. The quantitative estimate of drug-likeness (QED) is 0.190. The van der Waals surface area contributed by atoms with Crippen LogP contribution in [0.5, 0.6) is 5.75 Å². The van der Waals surface area contributed by atoms with E-state index in [1.807, 2.05) is 37.3 Å². The van der Waals surface area contributed by atoms with E-state index in [-0.39, 0.29) is 48.2 Å². The van der Waals surface area contributed by atoms with Crippen LogP contribution >= 0.6 is 0 Å². The first-order valence-corrected chi connectivity index (χ1v) is 13.6. The number of ether oxygens (including phenoxy) is 1. The number of anilines is 1. The fraction of sp³-hybridized carbons (Fsp3) is 0.194. The first-order chi connectivity index (χ1) is 20.4. The Hall–Kier alpha value is -5.45. The van der Waals surface area contributed by atoms with Crippen molar-refractivity contribution in [2.24, 2.45) is 0 Å². The Morgan fingerprint density at radius 2 is 1.88 bits per heavy atom. The minimum atomic E-state index is -0.348. The number of hydrogen-bond acceptors (Lipinski definition) is 7. The van der Waals surface area contributed by atoms with Gasteiger partial charge < -0.3 is 26.1 Å². The number of amides is 2. The molecule has 2 heterocycles. The van der Waals surface area contributed by atoms with E-state index in [4.69, 9.17) is 10.5 Å². The second-order valence-corrected chi connectivity index (χ2v) is 10.2. The molecule has 0 atom stereocenters. The number of nitrogen functional groups attached to an aromatic ring is 1. The summed E-state index contributed by atoms with van der Waals surface area (Å²) in [5, 5.41) is 10.1. The number of carbonyl (C=O) groups is 3. The van der Waals surface area contributed by atoms with Crippen molar-refractivity contribution in [2.75, 3.05) is 12.3 Å². The van der Waals surface area contributed by atoms with E-state index in [0.717, 1.165) is 29.4 Å². The van der Waals surface area contributed by atoms with Gasteiger partial charge in [-0.05, 0) is 61.7 Å². The minimum Gasteiger partial charge on any atom is -0.484 e. The minimum absolute atomic E-state index is 0.152. The molecule has 1 aliphatic carbocycles. The number of nitrogens with two attached hydrogens (primary N) is 1. The number of hydrogen-bond donors (Lipinski definition) is 4. The van der Waals surface area contributed by atoms with E-state index in [2.05, 4.69) is 25.7 Å². The van der Waals surface area contributed by atoms with Crippen molar-refractivity contribution < 1.29 is 19.1 Å². The van der Waals surface area contributed by atoms with E-state index in [0.29, 0.717) is 28.4 Å². The van der Waals surface area contributed by atoms with Gasteiger partial charge in [-0.3, -0.25) is 14.4 Å². The van der Waals surface area contributed by atoms with E-state index in [1.54, 1.807) is 36.4 Å². The smallest absolute Gasteiger partial charge is 0.258 e. The molecule has 6 rings (SSSR count). The van der Waals surface area contributed by atoms with Gasteiger partial charge in [0.25, 0.3) is 11.8 Å². The Morgan fingerprint density at radius 1 is 1.05 bits per heavy atom. The molecule has 0 spiro atoms. The zero-order chi connectivity index (χ0) is 29.2. The molecule has 0 bridgehead atoms. The third kappa shape index (κ3) is 5.71. The Balaban J connectivity index is 1.11. The average Bonchev–Trinajstić information content (AvgIpc) is 3.58. The highest BCUT2D eigenvalue weighted by Gasteiger charge is 2.25. The summed E-state index contributed by atoms with van der Waals surface area (Å²) < 4.78 is 7.11. The molecule has 2 aromatic heterocycles. The van der Waals surface area contributed by atoms with Gasteiger partial charge in [-0.2, -0.15) is 5.10 Å². The van der Waals surface area contributed by atoms with Gasteiger partial charge in [0.05, 0.1) is 35.0 Å². The molecule has 42 heavy (non-hydrogen) atoms. The molecule has 2 amide bonds. The number of imidazole rings is 1. The normalized spacial score (nSPS) is 12.7. The van der Waals surface area contributed by atoms with E-state index in [9.17, 15) is 14.4 Å². The summed E-state index contributed by atoms with van der Waals surface area (Å²) in [7, 11) is 0. The number of nitrogens with one attached hydrogen (secondary N) is 3. The number of ketones is 1. The lowest BCUT2D eigenvalue weighted by Crippen LogP contribution is -2.28. The summed E-state index contributed by atoms with van der Waals surface area (Å²) in [5.74, 6) is 0.314. The summed E-state index contributed by atoms with van der Waals surface area (Å²) in [6, 6.07) is 19.7. The van der Waals surface area contributed by atoms with Gasteiger partial charge in [-0.25, -0.2) is 9.67 Å². The maximum absolute atomic E-state index is 13.4. The van der Waals surface area contributed by atoms with Crippen molar-refractivity contribution in [3.05, 3.63) is 101 Å². The highest BCUT2D eigenvalue weighted by Crippen LogP contribution is 2.25. The lowest BCUT2D eigenvalue weighted by molar-refractivity contribution is -0.123. The molecule has 3 aromatic carbocycles. The van der Waals surface area contributed by atoms with Crippen LogP contribution in [0.15, 0.2) is 72.9 Å². The standard InChI is InChI=1S/C31H29N7O4/c1-18-9-10-20(31(41)35-21-11-12-21)14-26(18)38-30(32)23(15-34-38)29(40)19-5-4-6-22(13-19)42-17-28(39)33-16-27-36-24-7-2-3-8-25(24)37-27/h2-10,13-15,21H,11-12,16-17,32H2,1H3,(H,33,39)(H,35,41)(H,36,37). The second-order valence-electron chi connectivity index (χ2n) is 10.2. The maximum atomic E-state index is 13.4. The number of rotatable bonds is 10. The molecule has 11 nitrogen and oxygen atoms in total. The lowest BCUT2D eigenvalue weighted by Gasteiger charge is -2.11. The Morgan fingerprint density at radius 3 is 2.69 bits per heavy atom. The van der Waals surface area contributed by atoms with Gasteiger partial charge in [0.15, 0.2) is 12.4 Å². The highest BCUT2D eigenvalue weighted by atomic mass is 16.5. The molecule has 5 aromatic rings. The summed E-state index contributed by atoms with van der Waals surface area (Å²) >= 11 is 0. The number of fused-ring (bicyclic) bond motifs is 1. The van der Waals surface area contributed by atoms with Crippen molar-refractivity contribution in [3.8, 4) is 11.4 Å². The van der Waals surface area contributed by atoms with Crippen LogP contribution in [0.3, 0.4) is 0 Å². The van der Waals surface area contributed by atoms with Crippen LogP contribution in [0.25, 0.3) is 16.7 Å². The lowest BCUT2D eigenvalue weighted by atomic mass is 10.1. The molecule has 212 valence electrons. The molecule has 11 heteroatoms. The second kappa shape index (κ2) is 11.2. The van der Waals surface area contributed by atoms with Crippen LogP contribution < -0.4 is 21.1 Å². The predicted molar refractivity (Wildman–Crippen MR) is 157 cm³/mol. The zero-order valence-electron chi connectivity index (χ0n) is 22.9. The number of aryl methyl sites for hydroxylation is 1.